The molecule has 36 heavy (non-hydrogen) atoms. The number of fused-ring (bicyclic) bond motifs is 1. The molecule has 1 fully saturated rings. The number of anilines is 2. The van der Waals surface area contributed by atoms with Crippen LogP contribution in [0.3, 0.4) is 0 Å². The van der Waals surface area contributed by atoms with Crippen LogP contribution in [-0.2, 0) is 20.8 Å². The van der Waals surface area contributed by atoms with Gasteiger partial charge in [0.25, 0.3) is 0 Å². The summed E-state index contributed by atoms with van der Waals surface area (Å²) < 4.78 is 67.6. The Hall–Kier alpha value is -3.97. The number of amides is 1. The summed E-state index contributed by atoms with van der Waals surface area (Å²) in [4.78, 5) is 19.9. The first-order chi connectivity index (χ1) is 17.0. The summed E-state index contributed by atoms with van der Waals surface area (Å²) in [6, 6.07) is 3.12. The molecule has 1 aliphatic rings. The summed E-state index contributed by atoms with van der Waals surface area (Å²) in [5.74, 6) is 0.242. The molecule has 3 aromatic rings. The normalized spacial score (nSPS) is 20.0. The number of carbonyl (C=O) groups is 1. The molecular formula is C20H20F4N8O4. The zero-order valence-corrected chi connectivity index (χ0v) is 18.8. The van der Waals surface area contributed by atoms with Crippen LogP contribution in [0.15, 0.2) is 18.5 Å². The maximum absolute atomic E-state index is 14.9. The van der Waals surface area contributed by atoms with Gasteiger partial charge in [-0.2, -0.15) is 10.4 Å². The van der Waals surface area contributed by atoms with Gasteiger partial charge in [0, 0.05) is 18.3 Å². The number of H-pyrrole nitrogens is 1. The predicted octanol–water partition coefficient (Wildman–Crippen LogP) is 3.02. The number of imidazole rings is 1. The van der Waals surface area contributed by atoms with E-state index in [-0.39, 0.29) is 47.0 Å². The average molecular weight is 512 g/mol. The minimum atomic E-state index is -4.85. The lowest BCUT2D eigenvalue weighted by atomic mass is 10.1. The second kappa shape index (κ2) is 9.95. The molecule has 3 atom stereocenters. The third-order valence-electron chi connectivity index (χ3n) is 4.94. The number of nitrogens with one attached hydrogen (secondary N) is 3. The van der Waals surface area contributed by atoms with Crippen molar-refractivity contribution in [1.82, 2.24) is 29.9 Å². The average Bonchev–Trinajstić information content (AvgIpc) is 3.51. The number of halogens is 4. The van der Waals surface area contributed by atoms with Crippen LogP contribution < -0.4 is 10.6 Å². The number of hydrogen-bond acceptors (Lipinski definition) is 9. The van der Waals surface area contributed by atoms with Gasteiger partial charge in [-0.15, -0.1) is 13.2 Å². The Labute approximate surface area is 200 Å². The monoisotopic (exact) mass is 512 g/mol. The Morgan fingerprint density at radius 2 is 2.22 bits per heavy atom. The van der Waals surface area contributed by atoms with Crippen molar-refractivity contribution in [3.63, 3.8) is 0 Å². The fourth-order valence-electron chi connectivity index (χ4n) is 3.43. The van der Waals surface area contributed by atoms with Crippen molar-refractivity contribution in [1.29, 1.82) is 5.26 Å². The maximum Gasteiger partial charge on any atom is 0.522 e. The predicted molar refractivity (Wildman–Crippen MR) is 113 cm³/mol. The number of alkyl halides is 4. The minimum Gasteiger partial charge on any atom is -0.441 e. The zero-order chi connectivity index (χ0) is 26.0. The van der Waals surface area contributed by atoms with Crippen molar-refractivity contribution >= 4 is 23.5 Å². The van der Waals surface area contributed by atoms with Gasteiger partial charge in [0.1, 0.15) is 17.7 Å². The Bertz CT molecular complexity index is 1280. The van der Waals surface area contributed by atoms with E-state index in [0.29, 0.717) is 0 Å². The van der Waals surface area contributed by atoms with E-state index in [1.807, 2.05) is 6.07 Å². The summed E-state index contributed by atoms with van der Waals surface area (Å²) in [6.45, 7) is 2.45. The fourth-order valence-corrected chi connectivity index (χ4v) is 3.43. The number of aromatic amines is 1. The molecule has 16 heteroatoms. The molecule has 0 spiro atoms. The smallest absolute Gasteiger partial charge is 0.441 e. The largest absolute Gasteiger partial charge is 0.522 e. The van der Waals surface area contributed by atoms with Gasteiger partial charge in [-0.25, -0.2) is 19.2 Å². The van der Waals surface area contributed by atoms with E-state index in [2.05, 4.69) is 35.5 Å². The number of nitrogens with zero attached hydrogens (tertiary/aromatic N) is 5. The van der Waals surface area contributed by atoms with E-state index in [1.54, 1.807) is 13.8 Å². The van der Waals surface area contributed by atoms with Gasteiger partial charge >= 0.3 is 12.5 Å². The number of carbonyl (C=O) groups excluding carboxylic acids is 1. The van der Waals surface area contributed by atoms with Gasteiger partial charge in [0.05, 0.1) is 30.8 Å². The quantitative estimate of drug-likeness (QED) is 0.406. The van der Waals surface area contributed by atoms with Crippen molar-refractivity contribution in [2.45, 2.75) is 51.2 Å². The number of hydrogen-bond donors (Lipinski definition) is 3. The third-order valence-corrected chi connectivity index (χ3v) is 4.94. The molecule has 0 saturated carbocycles. The zero-order valence-electron chi connectivity index (χ0n) is 18.8. The molecule has 3 N–H and O–H groups in total. The van der Waals surface area contributed by atoms with E-state index in [1.165, 1.54) is 22.9 Å². The number of ether oxygens (including phenoxy) is 3. The Morgan fingerprint density at radius 3 is 2.92 bits per heavy atom. The number of aromatic nitrogens is 5. The van der Waals surface area contributed by atoms with Crippen LogP contribution in [0.2, 0.25) is 0 Å². The lowest BCUT2D eigenvalue weighted by Crippen LogP contribution is -2.36. The second-order valence-electron chi connectivity index (χ2n) is 8.04. The highest BCUT2D eigenvalue weighted by atomic mass is 19.4. The van der Waals surface area contributed by atoms with E-state index >= 15 is 0 Å². The van der Waals surface area contributed by atoms with E-state index in [0.717, 1.165) is 0 Å². The summed E-state index contributed by atoms with van der Waals surface area (Å²) in [6.07, 6.45) is -7.06. The third kappa shape index (κ3) is 5.63. The molecule has 4 heterocycles. The second-order valence-corrected chi connectivity index (χ2v) is 8.04. The Balaban J connectivity index is 1.49. The van der Waals surface area contributed by atoms with Gasteiger partial charge in [0.15, 0.2) is 23.7 Å². The van der Waals surface area contributed by atoms with Crippen LogP contribution in [0.1, 0.15) is 36.9 Å². The fraction of sp³-hybridized carbons (Fsp3) is 0.450. The SMILES string of the molecule is CC(C)NC(=O)O[C@H]1CO[C@@H](c2cc(Nc3ncc(C#N)c4nc(COC(F)(F)F)cn34)n[nH]2)[C@H]1F. The van der Waals surface area contributed by atoms with Crippen molar-refractivity contribution in [2.24, 2.45) is 0 Å². The van der Waals surface area contributed by atoms with Crippen LogP contribution in [0.25, 0.3) is 5.65 Å². The van der Waals surface area contributed by atoms with Gasteiger partial charge < -0.3 is 20.1 Å². The highest BCUT2D eigenvalue weighted by Crippen LogP contribution is 2.33. The van der Waals surface area contributed by atoms with Crippen molar-refractivity contribution in [3.05, 3.63) is 35.4 Å². The number of nitriles is 1. The van der Waals surface area contributed by atoms with Gasteiger partial charge in [-0.1, -0.05) is 0 Å². The van der Waals surface area contributed by atoms with Gasteiger partial charge in [-0.3, -0.25) is 14.2 Å². The first-order valence-electron chi connectivity index (χ1n) is 10.6. The molecule has 0 bridgehead atoms. The molecule has 1 saturated heterocycles. The standard InChI is InChI=1S/C20H20F4N8O4/c1-9(2)27-19(33)36-13-8-34-16(15(13)21)12-3-14(31-30-12)29-18-26-5-10(4-25)17-28-11(6-32(17)18)7-35-20(22,23)24/h3,5-6,9,13,15-16H,7-8H2,1-2H3,(H,27,33)(H2,26,29,30,31)/t13-,15-,16-/m0/s1. The highest BCUT2D eigenvalue weighted by Gasteiger charge is 2.42. The molecule has 1 amide bonds. The molecule has 4 rings (SSSR count). The topological polar surface area (TPSA) is 151 Å². The molecule has 12 nitrogen and oxygen atoms in total. The lowest BCUT2D eigenvalue weighted by Gasteiger charge is -2.16. The van der Waals surface area contributed by atoms with Gasteiger partial charge in [-0.05, 0) is 13.8 Å². The van der Waals surface area contributed by atoms with Crippen molar-refractivity contribution in [2.75, 3.05) is 11.9 Å². The lowest BCUT2D eigenvalue weighted by molar-refractivity contribution is -0.330. The van der Waals surface area contributed by atoms with Gasteiger partial charge in [0.2, 0.25) is 5.95 Å². The minimum absolute atomic E-state index is 0.0219. The number of alkyl carbamates (subject to hydrolysis) is 1. The van der Waals surface area contributed by atoms with E-state index in [4.69, 9.17) is 9.47 Å². The molecule has 192 valence electrons. The summed E-state index contributed by atoms with van der Waals surface area (Å²) in [5.41, 5.74) is 0.229. The van der Waals surface area contributed by atoms with Crippen LogP contribution in [-0.4, -0.2) is 61.9 Å². The molecule has 3 aromatic heterocycles. The molecule has 0 unspecified atom stereocenters. The first-order valence-corrected chi connectivity index (χ1v) is 10.6. The van der Waals surface area contributed by atoms with Crippen LogP contribution >= 0.6 is 0 Å². The van der Waals surface area contributed by atoms with Crippen molar-refractivity contribution in [3.8, 4) is 6.07 Å². The molecular weight excluding hydrogens is 492 g/mol. The van der Waals surface area contributed by atoms with Crippen LogP contribution in [0.5, 0.6) is 0 Å². The Kier molecular flexibility index (Phi) is 6.95. The number of rotatable bonds is 7. The molecule has 1 aliphatic heterocycles. The summed E-state index contributed by atoms with van der Waals surface area (Å²) in [7, 11) is 0. The maximum atomic E-state index is 14.9. The summed E-state index contributed by atoms with van der Waals surface area (Å²) >= 11 is 0. The Morgan fingerprint density at radius 1 is 1.44 bits per heavy atom. The van der Waals surface area contributed by atoms with E-state index < -0.39 is 37.4 Å². The molecule has 0 aromatic carbocycles. The van der Waals surface area contributed by atoms with Crippen LogP contribution in [0.4, 0.5) is 34.1 Å². The van der Waals surface area contributed by atoms with Crippen molar-refractivity contribution < 1.29 is 36.6 Å². The molecule has 0 radical (unpaired) electrons. The van der Waals surface area contributed by atoms with E-state index in [9.17, 15) is 27.6 Å². The molecule has 0 aliphatic carbocycles. The van der Waals surface area contributed by atoms with Crippen LogP contribution in [0, 0.1) is 11.3 Å². The first kappa shape index (κ1) is 25.1. The highest BCUT2D eigenvalue weighted by molar-refractivity contribution is 5.67. The summed E-state index contributed by atoms with van der Waals surface area (Å²) in [5, 5.41) is 21.3.